The number of carbonyl (C=O) groups is 1. The number of methoxy groups -OCH3 is 1. The number of nitrogens with zero attached hydrogens (tertiary/aromatic N) is 2. The zero-order valence-corrected chi connectivity index (χ0v) is 18.9. The lowest BCUT2D eigenvalue weighted by Gasteiger charge is -2.12. The number of ketones is 1. The number of carbonyl (C=O) groups excluding carboxylic acids is 1. The van der Waals surface area contributed by atoms with Gasteiger partial charge in [-0.1, -0.05) is 23.7 Å². The SMILES string of the molecule is COc1ccc(/C=C/C(=O)c2cc(C)sc2C)cc1Cn1nc(C(F)F)c(Cl)c1C(F)F. The van der Waals surface area contributed by atoms with Crippen LogP contribution in [0, 0.1) is 13.8 Å². The minimum absolute atomic E-state index is 0.162. The molecule has 2 heterocycles. The first-order valence-corrected chi connectivity index (χ1v) is 10.6. The molecule has 170 valence electrons. The molecular weight excluding hydrogens is 468 g/mol. The Morgan fingerprint density at radius 3 is 2.50 bits per heavy atom. The lowest BCUT2D eigenvalue weighted by atomic mass is 10.1. The van der Waals surface area contributed by atoms with Crippen LogP contribution in [0.3, 0.4) is 0 Å². The third kappa shape index (κ3) is 5.05. The summed E-state index contributed by atoms with van der Waals surface area (Å²) < 4.78 is 59.2. The van der Waals surface area contributed by atoms with Gasteiger partial charge in [0, 0.05) is 20.9 Å². The molecule has 10 heteroatoms. The summed E-state index contributed by atoms with van der Waals surface area (Å²) in [5.74, 6) is 0.188. The summed E-state index contributed by atoms with van der Waals surface area (Å²) >= 11 is 7.26. The van der Waals surface area contributed by atoms with Crippen molar-refractivity contribution in [3.05, 3.63) is 73.2 Å². The zero-order valence-electron chi connectivity index (χ0n) is 17.3. The average molecular weight is 487 g/mol. The van der Waals surface area contributed by atoms with Crippen molar-refractivity contribution >= 4 is 34.8 Å². The molecule has 0 amide bonds. The second-order valence-electron chi connectivity index (χ2n) is 6.94. The maximum Gasteiger partial charge on any atom is 0.283 e. The standard InChI is InChI=1S/C22H19ClF4N2O2S/c1-11-8-15(12(2)32-11)16(30)6-4-13-5-7-17(31-3)14(9-13)10-29-20(22(26)27)18(23)19(28-29)21(24)25/h4-9,21-22H,10H2,1-3H3/b6-4+. The number of halogens is 5. The molecule has 0 unspecified atom stereocenters. The summed E-state index contributed by atoms with van der Waals surface area (Å²) in [7, 11) is 1.40. The van der Waals surface area contributed by atoms with Gasteiger partial charge in [0.05, 0.1) is 18.7 Å². The fraction of sp³-hybridized carbons (Fsp3) is 0.273. The summed E-state index contributed by atoms with van der Waals surface area (Å²) in [5, 5.41) is 2.83. The summed E-state index contributed by atoms with van der Waals surface area (Å²) in [4.78, 5) is 14.4. The summed E-state index contributed by atoms with van der Waals surface area (Å²) in [6.07, 6.45) is -3.17. The van der Waals surface area contributed by atoms with Gasteiger partial charge in [-0.25, -0.2) is 17.6 Å². The maximum atomic E-state index is 13.5. The summed E-state index contributed by atoms with van der Waals surface area (Å²) in [6, 6.07) is 6.72. The number of aryl methyl sites for hydroxylation is 2. The van der Waals surface area contributed by atoms with Crippen molar-refractivity contribution in [2.24, 2.45) is 0 Å². The molecule has 0 N–H and O–H groups in total. The Hall–Kier alpha value is -2.65. The molecule has 0 bridgehead atoms. The van der Waals surface area contributed by atoms with Gasteiger partial charge in [-0.05, 0) is 43.7 Å². The molecule has 0 fully saturated rings. The Bertz CT molecular complexity index is 1170. The molecule has 0 aliphatic rings. The van der Waals surface area contributed by atoms with E-state index in [0.29, 0.717) is 22.4 Å². The highest BCUT2D eigenvalue weighted by molar-refractivity contribution is 7.12. The molecule has 1 aromatic carbocycles. The van der Waals surface area contributed by atoms with Gasteiger partial charge in [0.1, 0.15) is 17.1 Å². The Morgan fingerprint density at radius 2 is 1.94 bits per heavy atom. The van der Waals surface area contributed by atoms with Crippen molar-refractivity contribution in [2.45, 2.75) is 33.2 Å². The predicted molar refractivity (Wildman–Crippen MR) is 116 cm³/mol. The van der Waals surface area contributed by atoms with Crippen LogP contribution in [0.4, 0.5) is 17.6 Å². The van der Waals surface area contributed by atoms with Crippen molar-refractivity contribution in [3.63, 3.8) is 0 Å². The third-order valence-electron chi connectivity index (χ3n) is 4.73. The number of ether oxygens (including phenoxy) is 1. The number of rotatable bonds is 8. The van der Waals surface area contributed by atoms with Crippen LogP contribution < -0.4 is 4.74 Å². The average Bonchev–Trinajstić information content (AvgIpc) is 3.24. The van der Waals surface area contributed by atoms with E-state index in [9.17, 15) is 22.4 Å². The molecule has 0 aliphatic heterocycles. The van der Waals surface area contributed by atoms with Gasteiger partial charge in [0.15, 0.2) is 5.78 Å². The van der Waals surface area contributed by atoms with Crippen LogP contribution in [0.1, 0.15) is 55.5 Å². The van der Waals surface area contributed by atoms with E-state index in [1.165, 1.54) is 24.5 Å². The van der Waals surface area contributed by atoms with Crippen LogP contribution in [-0.4, -0.2) is 22.7 Å². The first kappa shape index (κ1) is 24.0. The van der Waals surface area contributed by atoms with E-state index in [1.54, 1.807) is 24.3 Å². The highest BCUT2D eigenvalue weighted by atomic mass is 35.5. The number of aromatic nitrogens is 2. The van der Waals surface area contributed by atoms with Gasteiger partial charge < -0.3 is 4.74 Å². The van der Waals surface area contributed by atoms with Gasteiger partial charge in [0.25, 0.3) is 12.9 Å². The number of hydrogen-bond donors (Lipinski definition) is 0. The number of thiophene rings is 1. The van der Waals surface area contributed by atoms with Crippen molar-refractivity contribution in [3.8, 4) is 5.75 Å². The van der Waals surface area contributed by atoms with E-state index in [1.807, 2.05) is 19.9 Å². The fourth-order valence-corrected chi connectivity index (χ4v) is 4.49. The first-order valence-electron chi connectivity index (χ1n) is 9.41. The van der Waals surface area contributed by atoms with Crippen LogP contribution in [-0.2, 0) is 6.54 Å². The lowest BCUT2D eigenvalue weighted by Crippen LogP contribution is -2.08. The molecule has 4 nitrogen and oxygen atoms in total. The monoisotopic (exact) mass is 486 g/mol. The molecule has 0 atom stereocenters. The van der Waals surface area contributed by atoms with Gasteiger partial charge in [-0.15, -0.1) is 11.3 Å². The quantitative estimate of drug-likeness (QED) is 0.195. The van der Waals surface area contributed by atoms with Crippen LogP contribution in [0.15, 0.2) is 30.3 Å². The molecule has 3 aromatic rings. The third-order valence-corrected chi connectivity index (χ3v) is 6.08. The van der Waals surface area contributed by atoms with Crippen molar-refractivity contribution < 1.29 is 27.1 Å². The topological polar surface area (TPSA) is 44.1 Å². The van der Waals surface area contributed by atoms with Crippen molar-refractivity contribution in [2.75, 3.05) is 7.11 Å². The molecule has 3 rings (SSSR count). The summed E-state index contributed by atoms with van der Waals surface area (Å²) in [6.45, 7) is 3.52. The van der Waals surface area contributed by atoms with Crippen LogP contribution in [0.25, 0.3) is 6.08 Å². The van der Waals surface area contributed by atoms with E-state index in [-0.39, 0.29) is 12.3 Å². The Kier molecular flexibility index (Phi) is 7.40. The molecule has 32 heavy (non-hydrogen) atoms. The highest BCUT2D eigenvalue weighted by Crippen LogP contribution is 2.35. The number of allylic oxidation sites excluding steroid dienone is 1. The normalized spacial score (nSPS) is 11.8. The minimum Gasteiger partial charge on any atom is -0.496 e. The van der Waals surface area contributed by atoms with Gasteiger partial charge in [0.2, 0.25) is 0 Å². The number of alkyl halides is 4. The number of benzene rings is 1. The van der Waals surface area contributed by atoms with Gasteiger partial charge in [-0.3, -0.25) is 9.48 Å². The van der Waals surface area contributed by atoms with Crippen molar-refractivity contribution in [1.82, 2.24) is 9.78 Å². The molecule has 0 spiro atoms. The fourth-order valence-electron chi connectivity index (χ4n) is 3.26. The van der Waals surface area contributed by atoms with Crippen LogP contribution in [0.5, 0.6) is 5.75 Å². The smallest absolute Gasteiger partial charge is 0.283 e. The summed E-state index contributed by atoms with van der Waals surface area (Å²) in [5.41, 5.74) is -0.0616. The van der Waals surface area contributed by atoms with E-state index < -0.39 is 29.3 Å². The van der Waals surface area contributed by atoms with Gasteiger partial charge in [-0.2, -0.15) is 5.10 Å². The maximum absolute atomic E-state index is 13.5. The Morgan fingerprint density at radius 1 is 1.22 bits per heavy atom. The van der Waals surface area contributed by atoms with E-state index in [0.717, 1.165) is 14.4 Å². The zero-order chi connectivity index (χ0) is 23.6. The highest BCUT2D eigenvalue weighted by Gasteiger charge is 2.28. The largest absolute Gasteiger partial charge is 0.496 e. The molecule has 0 aliphatic carbocycles. The predicted octanol–water partition coefficient (Wildman–Crippen LogP) is 7.04. The first-order chi connectivity index (χ1) is 15.1. The molecular formula is C22H19ClF4N2O2S. The second kappa shape index (κ2) is 9.87. The molecule has 2 aromatic heterocycles. The molecule has 0 saturated carbocycles. The molecule has 0 radical (unpaired) electrons. The van der Waals surface area contributed by atoms with E-state index in [4.69, 9.17) is 16.3 Å². The van der Waals surface area contributed by atoms with E-state index >= 15 is 0 Å². The Labute approximate surface area is 191 Å². The Balaban J connectivity index is 1.93. The lowest BCUT2D eigenvalue weighted by molar-refractivity contribution is 0.104. The van der Waals surface area contributed by atoms with Crippen LogP contribution >= 0.6 is 22.9 Å². The second-order valence-corrected chi connectivity index (χ2v) is 8.78. The van der Waals surface area contributed by atoms with Gasteiger partial charge >= 0.3 is 0 Å². The minimum atomic E-state index is -3.09. The number of hydrogen-bond acceptors (Lipinski definition) is 4. The van der Waals surface area contributed by atoms with Crippen molar-refractivity contribution in [1.29, 1.82) is 0 Å². The molecule has 0 saturated heterocycles. The van der Waals surface area contributed by atoms with E-state index in [2.05, 4.69) is 5.10 Å². The van der Waals surface area contributed by atoms with Crippen LogP contribution in [0.2, 0.25) is 5.02 Å².